The van der Waals surface area contributed by atoms with E-state index in [2.05, 4.69) is 4.98 Å². The third kappa shape index (κ3) is 3.82. The van der Waals surface area contributed by atoms with E-state index in [4.69, 9.17) is 5.14 Å². The Hall–Kier alpha value is -2.36. The summed E-state index contributed by atoms with van der Waals surface area (Å²) in [6.45, 7) is 4.04. The molecule has 0 bridgehead atoms. The van der Waals surface area contributed by atoms with E-state index in [1.54, 1.807) is 18.2 Å². The van der Waals surface area contributed by atoms with E-state index in [-0.39, 0.29) is 10.5 Å². The van der Waals surface area contributed by atoms with Crippen LogP contribution >= 0.6 is 11.3 Å². The number of benzene rings is 2. The first-order chi connectivity index (χ1) is 15.0. The highest BCUT2D eigenvalue weighted by atomic mass is 32.2. The molecule has 0 aliphatic carbocycles. The van der Waals surface area contributed by atoms with Gasteiger partial charge < -0.3 is 4.98 Å². The van der Waals surface area contributed by atoms with Crippen molar-refractivity contribution >= 4 is 42.3 Å². The van der Waals surface area contributed by atoms with Crippen molar-refractivity contribution in [1.82, 2.24) is 4.98 Å². The van der Waals surface area contributed by atoms with Crippen molar-refractivity contribution in [3.05, 3.63) is 70.2 Å². The van der Waals surface area contributed by atoms with Crippen LogP contribution in [0.4, 0.5) is 13.2 Å². The van der Waals surface area contributed by atoms with Crippen LogP contribution in [0, 0.1) is 0 Å². The molecule has 2 heterocycles. The van der Waals surface area contributed by atoms with Gasteiger partial charge in [-0.3, -0.25) is 0 Å². The Kier molecular flexibility index (Phi) is 5.63. The highest BCUT2D eigenvalue weighted by Gasteiger charge is 2.37. The average Bonchev–Trinajstić information content (AvgIpc) is 3.33. The maximum atomic E-state index is 13.6. The fourth-order valence-corrected chi connectivity index (χ4v) is 6.80. The number of thiophene rings is 1. The molecular formula is C23H23F3N2O2S2. The summed E-state index contributed by atoms with van der Waals surface area (Å²) < 4.78 is 64.3. The number of nitrogens with two attached hydrogens (primary N) is 1. The van der Waals surface area contributed by atoms with Gasteiger partial charge in [-0.2, -0.15) is 13.2 Å². The zero-order valence-corrected chi connectivity index (χ0v) is 19.2. The Balaban J connectivity index is 1.95. The van der Waals surface area contributed by atoms with Gasteiger partial charge in [-0.15, -0.1) is 11.3 Å². The Morgan fingerprint density at radius 2 is 1.72 bits per heavy atom. The van der Waals surface area contributed by atoms with Crippen molar-refractivity contribution in [2.45, 2.75) is 44.0 Å². The van der Waals surface area contributed by atoms with Crippen LogP contribution in [0.15, 0.2) is 48.7 Å². The molecule has 3 N–H and O–H groups in total. The van der Waals surface area contributed by atoms with Gasteiger partial charge in [-0.25, -0.2) is 13.6 Å². The van der Waals surface area contributed by atoms with Crippen molar-refractivity contribution in [3.8, 4) is 0 Å². The van der Waals surface area contributed by atoms with Crippen LogP contribution in [0.1, 0.15) is 48.3 Å². The summed E-state index contributed by atoms with van der Waals surface area (Å²) in [4.78, 5) is 4.05. The van der Waals surface area contributed by atoms with Crippen LogP contribution in [0.2, 0.25) is 0 Å². The zero-order valence-electron chi connectivity index (χ0n) is 17.6. The van der Waals surface area contributed by atoms with Gasteiger partial charge in [-0.1, -0.05) is 44.2 Å². The number of hydrogen-bond donors (Lipinski definition) is 2. The van der Waals surface area contributed by atoms with Crippen LogP contribution in [-0.2, 0) is 27.4 Å². The van der Waals surface area contributed by atoms with E-state index in [9.17, 15) is 21.6 Å². The lowest BCUT2D eigenvalue weighted by atomic mass is 9.74. The SMILES string of the molecule is CCC(CC)(c1cc2cccc(C(F)(F)F)c2s1)c1c[nH]c2c(CS(N)(=O)=O)cccc12. The molecular weight excluding hydrogens is 457 g/mol. The summed E-state index contributed by atoms with van der Waals surface area (Å²) in [6, 6.07) is 11.5. The minimum absolute atomic E-state index is 0.232. The summed E-state index contributed by atoms with van der Waals surface area (Å²) in [5.74, 6) is -0.298. The van der Waals surface area contributed by atoms with Crippen molar-refractivity contribution in [1.29, 1.82) is 0 Å². The van der Waals surface area contributed by atoms with Gasteiger partial charge in [0.1, 0.15) is 0 Å². The number of alkyl halides is 3. The Labute approximate surface area is 188 Å². The Morgan fingerprint density at radius 1 is 1.03 bits per heavy atom. The van der Waals surface area contributed by atoms with Crippen LogP contribution in [0.3, 0.4) is 0 Å². The lowest BCUT2D eigenvalue weighted by molar-refractivity contribution is -0.136. The summed E-state index contributed by atoms with van der Waals surface area (Å²) >= 11 is 1.18. The molecule has 4 aromatic rings. The van der Waals surface area contributed by atoms with Crippen molar-refractivity contribution in [3.63, 3.8) is 0 Å². The van der Waals surface area contributed by atoms with Crippen LogP contribution in [0.25, 0.3) is 21.0 Å². The number of primary sulfonamides is 1. The second-order valence-corrected chi connectivity index (χ2v) is 10.6. The predicted molar refractivity (Wildman–Crippen MR) is 123 cm³/mol. The quantitative estimate of drug-likeness (QED) is 0.340. The number of nitrogens with one attached hydrogen (secondary N) is 1. The molecule has 0 aliphatic rings. The summed E-state index contributed by atoms with van der Waals surface area (Å²) in [5, 5.41) is 6.68. The number of aromatic nitrogens is 1. The zero-order chi connectivity index (χ0) is 23.3. The number of H-pyrrole nitrogens is 1. The molecule has 0 aliphatic heterocycles. The molecule has 0 fully saturated rings. The normalized spacial score (nSPS) is 13.3. The molecule has 0 saturated carbocycles. The first-order valence-corrected chi connectivity index (χ1v) is 12.7. The monoisotopic (exact) mass is 480 g/mol. The second kappa shape index (κ2) is 7.90. The number of rotatable bonds is 6. The molecule has 0 spiro atoms. The maximum absolute atomic E-state index is 13.6. The average molecular weight is 481 g/mol. The number of fused-ring (bicyclic) bond motifs is 2. The first kappa shape index (κ1) is 22.8. The molecule has 4 nitrogen and oxygen atoms in total. The van der Waals surface area contributed by atoms with Gasteiger partial charge in [0.05, 0.1) is 16.8 Å². The van der Waals surface area contributed by atoms with E-state index in [0.717, 1.165) is 21.9 Å². The van der Waals surface area contributed by atoms with Crippen LogP contribution in [-0.4, -0.2) is 13.4 Å². The Bertz CT molecular complexity index is 1400. The van der Waals surface area contributed by atoms with Gasteiger partial charge in [0.25, 0.3) is 0 Å². The fraction of sp³-hybridized carbons (Fsp3) is 0.304. The molecule has 0 amide bonds. The third-order valence-electron chi connectivity index (χ3n) is 6.20. The molecule has 2 aromatic heterocycles. The highest BCUT2D eigenvalue weighted by Crippen LogP contribution is 2.48. The topological polar surface area (TPSA) is 76.0 Å². The summed E-state index contributed by atoms with van der Waals surface area (Å²) in [6.07, 6.45) is -1.24. The number of halogens is 3. The minimum Gasteiger partial charge on any atom is -0.361 e. The second-order valence-electron chi connectivity index (χ2n) is 7.97. The van der Waals surface area contributed by atoms with Crippen molar-refractivity contribution < 1.29 is 21.6 Å². The summed E-state index contributed by atoms with van der Waals surface area (Å²) in [7, 11) is -3.72. The van der Waals surface area contributed by atoms with E-state index in [1.165, 1.54) is 17.4 Å². The first-order valence-electron chi connectivity index (χ1n) is 10.2. The van der Waals surface area contributed by atoms with Gasteiger partial charge >= 0.3 is 6.18 Å². The molecule has 0 saturated heterocycles. The number of para-hydroxylation sites is 1. The van der Waals surface area contributed by atoms with E-state index >= 15 is 0 Å². The molecule has 0 atom stereocenters. The van der Waals surface area contributed by atoms with Crippen LogP contribution < -0.4 is 5.14 Å². The number of hydrogen-bond acceptors (Lipinski definition) is 3. The van der Waals surface area contributed by atoms with Crippen molar-refractivity contribution in [2.75, 3.05) is 0 Å². The van der Waals surface area contributed by atoms with Gasteiger partial charge in [0, 0.05) is 26.6 Å². The smallest absolute Gasteiger partial charge is 0.361 e. The molecule has 9 heteroatoms. The Morgan fingerprint density at radius 3 is 2.34 bits per heavy atom. The molecule has 4 rings (SSSR count). The largest absolute Gasteiger partial charge is 0.417 e. The molecule has 170 valence electrons. The lowest BCUT2D eigenvalue weighted by Gasteiger charge is -2.31. The number of aromatic amines is 1. The predicted octanol–water partition coefficient (Wildman–Crippen LogP) is 6.30. The molecule has 0 radical (unpaired) electrons. The highest BCUT2D eigenvalue weighted by molar-refractivity contribution is 7.88. The molecule has 2 aromatic carbocycles. The number of sulfonamides is 1. The maximum Gasteiger partial charge on any atom is 0.417 e. The van der Waals surface area contributed by atoms with Gasteiger partial charge in [0.15, 0.2) is 0 Å². The van der Waals surface area contributed by atoms with Gasteiger partial charge in [-0.05, 0) is 41.5 Å². The van der Waals surface area contributed by atoms with E-state index < -0.39 is 27.2 Å². The fourth-order valence-electron chi connectivity index (χ4n) is 4.58. The van der Waals surface area contributed by atoms with E-state index in [0.29, 0.717) is 29.3 Å². The van der Waals surface area contributed by atoms with Crippen LogP contribution in [0.5, 0.6) is 0 Å². The lowest BCUT2D eigenvalue weighted by Crippen LogP contribution is -2.24. The molecule has 0 unspecified atom stereocenters. The standard InChI is InChI=1S/C23H23F3N2O2S2/c1-3-22(4-2,19-11-14-7-6-10-17(21(14)31-19)23(24,25)26)18-12-28-20-15(13-32(27,29)30)8-5-9-16(18)20/h5-12,28H,3-4,13H2,1-2H3,(H2,27,29,30). The van der Waals surface area contributed by atoms with Gasteiger partial charge in [0.2, 0.25) is 10.0 Å². The summed E-state index contributed by atoms with van der Waals surface area (Å²) in [5.41, 5.74) is 1.04. The van der Waals surface area contributed by atoms with E-state index in [1.807, 2.05) is 32.2 Å². The third-order valence-corrected chi connectivity index (χ3v) is 8.30. The van der Waals surface area contributed by atoms with Crippen molar-refractivity contribution in [2.24, 2.45) is 5.14 Å². The minimum atomic E-state index is -4.42. The molecule has 32 heavy (non-hydrogen) atoms.